The molecule has 0 atom stereocenters. The minimum Gasteiger partial charge on any atom is -0.447 e. The summed E-state index contributed by atoms with van der Waals surface area (Å²) in [6.45, 7) is -0.139. The van der Waals surface area contributed by atoms with Gasteiger partial charge in [-0.15, -0.1) is 11.3 Å². The van der Waals surface area contributed by atoms with Gasteiger partial charge in [-0.1, -0.05) is 11.8 Å². The van der Waals surface area contributed by atoms with E-state index in [0.29, 0.717) is 22.3 Å². The van der Waals surface area contributed by atoms with Gasteiger partial charge in [0.15, 0.2) is 5.06 Å². The van der Waals surface area contributed by atoms with Crippen LogP contribution in [0.25, 0.3) is 0 Å². The number of hydrogen-bond acceptors (Lipinski definition) is 4. The number of nitrogens with two attached hydrogens (primary N) is 1. The molecule has 0 radical (unpaired) electrons. The van der Waals surface area contributed by atoms with Gasteiger partial charge in [-0.25, -0.2) is 9.18 Å². The van der Waals surface area contributed by atoms with Crippen LogP contribution in [-0.2, 0) is 6.42 Å². The highest BCUT2D eigenvalue weighted by molar-refractivity contribution is 7.13. The summed E-state index contributed by atoms with van der Waals surface area (Å²) in [5.41, 5.74) is 4.85. The third kappa shape index (κ3) is 4.77. The molecule has 22 heavy (non-hydrogen) atoms. The molecule has 3 N–H and O–H groups in total. The summed E-state index contributed by atoms with van der Waals surface area (Å²) in [7, 11) is 0. The zero-order valence-corrected chi connectivity index (χ0v) is 12.3. The number of thiophene rings is 1. The average molecular weight is 320 g/mol. The van der Waals surface area contributed by atoms with Gasteiger partial charge in [0.1, 0.15) is 18.1 Å². The molecule has 2 aromatic rings. The van der Waals surface area contributed by atoms with Crippen LogP contribution in [0.4, 0.5) is 9.18 Å². The largest absolute Gasteiger partial charge is 0.447 e. The van der Waals surface area contributed by atoms with Gasteiger partial charge in [0.25, 0.3) is 0 Å². The smallest absolute Gasteiger partial charge is 0.339 e. The lowest BCUT2D eigenvalue weighted by molar-refractivity contribution is -0.0269. The van der Waals surface area contributed by atoms with Crippen LogP contribution in [0.2, 0.25) is 0 Å². The molecule has 2 rings (SSSR count). The van der Waals surface area contributed by atoms with Crippen molar-refractivity contribution in [2.45, 2.75) is 6.42 Å². The Balaban J connectivity index is 1.88. The minimum absolute atomic E-state index is 0.139. The molecule has 7 heteroatoms. The maximum atomic E-state index is 12.8. The molecular formula is C15H13FN2O3S. The van der Waals surface area contributed by atoms with E-state index in [0.717, 1.165) is 4.88 Å². The van der Waals surface area contributed by atoms with E-state index in [-0.39, 0.29) is 12.4 Å². The van der Waals surface area contributed by atoms with Crippen molar-refractivity contribution >= 4 is 17.4 Å². The highest BCUT2D eigenvalue weighted by Gasteiger charge is 2.03. The van der Waals surface area contributed by atoms with E-state index < -0.39 is 6.03 Å². The molecule has 5 nitrogen and oxygen atoms in total. The number of hydrogen-bond donors (Lipinski definition) is 2. The van der Waals surface area contributed by atoms with Crippen LogP contribution >= 0.6 is 11.3 Å². The number of benzene rings is 1. The van der Waals surface area contributed by atoms with Crippen LogP contribution in [0.3, 0.4) is 0 Å². The number of carbonyl (C=O) groups excluding carboxylic acids is 1. The lowest BCUT2D eigenvalue weighted by atomic mass is 10.3. The van der Waals surface area contributed by atoms with Gasteiger partial charge >= 0.3 is 6.03 Å². The highest BCUT2D eigenvalue weighted by atomic mass is 32.1. The van der Waals surface area contributed by atoms with Gasteiger partial charge in [0.05, 0.1) is 0 Å². The average Bonchev–Trinajstić information content (AvgIpc) is 2.93. The van der Waals surface area contributed by atoms with Crippen LogP contribution < -0.4 is 10.5 Å². The van der Waals surface area contributed by atoms with Crippen molar-refractivity contribution < 1.29 is 19.1 Å². The maximum absolute atomic E-state index is 12.8. The predicted octanol–water partition coefficient (Wildman–Crippen LogP) is 3.00. The Morgan fingerprint density at radius 2 is 2.00 bits per heavy atom. The molecule has 114 valence electrons. The van der Waals surface area contributed by atoms with Gasteiger partial charge in [-0.3, -0.25) is 5.21 Å². The first-order chi connectivity index (χ1) is 10.5. The molecule has 1 heterocycles. The lowest BCUT2D eigenvalue weighted by Gasteiger charge is -2.05. The summed E-state index contributed by atoms with van der Waals surface area (Å²) in [4.78, 5) is 11.5. The normalized spacial score (nSPS) is 9.73. The van der Waals surface area contributed by atoms with Crippen molar-refractivity contribution in [1.82, 2.24) is 5.06 Å². The maximum Gasteiger partial charge on any atom is 0.339 e. The van der Waals surface area contributed by atoms with E-state index in [4.69, 9.17) is 15.7 Å². The fraction of sp³-hybridized carbons (Fsp3) is 0.133. The first-order valence-electron chi connectivity index (χ1n) is 6.28. The molecule has 0 aliphatic rings. The van der Waals surface area contributed by atoms with Gasteiger partial charge in [-0.2, -0.15) is 5.06 Å². The third-order valence-corrected chi connectivity index (χ3v) is 3.50. The summed E-state index contributed by atoms with van der Waals surface area (Å²) in [6, 6.07) is 8.47. The fourth-order valence-corrected chi connectivity index (χ4v) is 2.30. The Morgan fingerprint density at radius 3 is 2.68 bits per heavy atom. The van der Waals surface area contributed by atoms with Gasteiger partial charge in [0.2, 0.25) is 0 Å². The van der Waals surface area contributed by atoms with Crippen LogP contribution in [0.5, 0.6) is 10.8 Å². The van der Waals surface area contributed by atoms with Crippen molar-refractivity contribution in [3.05, 3.63) is 47.1 Å². The van der Waals surface area contributed by atoms with E-state index in [2.05, 4.69) is 11.8 Å². The van der Waals surface area contributed by atoms with Crippen LogP contribution in [0.15, 0.2) is 36.4 Å². The Hall–Kier alpha value is -2.56. The van der Waals surface area contributed by atoms with Crippen molar-refractivity contribution in [3.63, 3.8) is 0 Å². The number of hydroxylamine groups is 2. The SMILES string of the molecule is NC(=O)N(O)CC#CCc1ccc(Oc2ccc(F)cc2)s1. The van der Waals surface area contributed by atoms with Crippen molar-refractivity contribution in [3.8, 4) is 22.7 Å². The van der Waals surface area contributed by atoms with E-state index >= 15 is 0 Å². The first kappa shape index (κ1) is 15.8. The molecule has 1 aromatic carbocycles. The number of amides is 2. The topological polar surface area (TPSA) is 75.8 Å². The number of nitrogens with zero attached hydrogens (tertiary/aromatic N) is 1. The summed E-state index contributed by atoms with van der Waals surface area (Å²) < 4.78 is 18.4. The first-order valence-corrected chi connectivity index (χ1v) is 7.10. The van der Waals surface area contributed by atoms with E-state index in [1.807, 2.05) is 6.07 Å². The number of rotatable bonds is 4. The number of primary amides is 1. The number of ether oxygens (including phenoxy) is 1. The molecule has 0 bridgehead atoms. The van der Waals surface area contributed by atoms with Crippen molar-refractivity contribution in [2.75, 3.05) is 6.54 Å². The third-order valence-electron chi connectivity index (χ3n) is 2.54. The zero-order valence-electron chi connectivity index (χ0n) is 11.5. The quantitative estimate of drug-likeness (QED) is 0.516. The fourth-order valence-electron chi connectivity index (χ4n) is 1.49. The second-order valence-electron chi connectivity index (χ2n) is 4.20. The molecule has 1 aromatic heterocycles. The minimum atomic E-state index is -0.944. The second kappa shape index (κ2) is 7.45. The summed E-state index contributed by atoms with van der Waals surface area (Å²) in [5, 5.41) is 10.0. The number of carbonyl (C=O) groups is 1. The molecule has 0 spiro atoms. The Kier molecular flexibility index (Phi) is 5.36. The zero-order chi connectivity index (χ0) is 15.9. The molecule has 0 saturated carbocycles. The van der Waals surface area contributed by atoms with Crippen molar-refractivity contribution in [2.24, 2.45) is 5.73 Å². The van der Waals surface area contributed by atoms with Gasteiger partial charge in [0, 0.05) is 11.3 Å². The van der Waals surface area contributed by atoms with E-state index in [1.165, 1.54) is 23.5 Å². The second-order valence-corrected chi connectivity index (χ2v) is 5.33. The lowest BCUT2D eigenvalue weighted by Crippen LogP contribution is -2.32. The van der Waals surface area contributed by atoms with Crippen LogP contribution in [-0.4, -0.2) is 22.8 Å². The number of urea groups is 1. The molecule has 2 amide bonds. The Morgan fingerprint density at radius 1 is 1.27 bits per heavy atom. The summed E-state index contributed by atoms with van der Waals surface area (Å²) in [5.74, 6) is 5.69. The van der Waals surface area contributed by atoms with E-state index in [9.17, 15) is 9.18 Å². The standard InChI is InChI=1S/C15H13FN2O3S/c16-11-4-6-12(7-5-11)21-14-9-8-13(22-14)3-1-2-10-18(20)15(17)19/h4-9,20H,3,10H2,(H2,17,19). The Bertz CT molecular complexity index is 704. The molecule has 0 unspecified atom stereocenters. The van der Waals surface area contributed by atoms with Gasteiger partial charge in [-0.05, 0) is 36.4 Å². The summed E-state index contributed by atoms with van der Waals surface area (Å²) >= 11 is 1.41. The summed E-state index contributed by atoms with van der Waals surface area (Å²) in [6.07, 6.45) is 0.462. The highest BCUT2D eigenvalue weighted by Crippen LogP contribution is 2.29. The van der Waals surface area contributed by atoms with Crippen LogP contribution in [0, 0.1) is 17.7 Å². The Labute approximate surface area is 130 Å². The molecular weight excluding hydrogens is 307 g/mol. The van der Waals surface area contributed by atoms with E-state index in [1.54, 1.807) is 18.2 Å². The molecule has 0 saturated heterocycles. The van der Waals surface area contributed by atoms with Crippen LogP contribution in [0.1, 0.15) is 4.88 Å². The molecule has 0 fully saturated rings. The van der Waals surface area contributed by atoms with Gasteiger partial charge < -0.3 is 10.5 Å². The molecule has 0 aliphatic heterocycles. The number of halogens is 1. The molecule has 0 aliphatic carbocycles. The predicted molar refractivity (Wildman–Crippen MR) is 80.3 cm³/mol. The van der Waals surface area contributed by atoms with Crippen molar-refractivity contribution in [1.29, 1.82) is 0 Å². The monoisotopic (exact) mass is 320 g/mol.